The van der Waals surface area contributed by atoms with E-state index in [1.54, 1.807) is 11.9 Å². The molecule has 3 heteroatoms. The van der Waals surface area contributed by atoms with Gasteiger partial charge in [-0.15, -0.1) is 13.2 Å². The molecule has 1 heterocycles. The Balaban J connectivity index is 1.42. The van der Waals surface area contributed by atoms with E-state index in [-0.39, 0.29) is 0 Å². The molecule has 1 atom stereocenters. The van der Waals surface area contributed by atoms with Crippen LogP contribution in [0.15, 0.2) is 114 Å². The van der Waals surface area contributed by atoms with Gasteiger partial charge < -0.3 is 4.90 Å². The first-order chi connectivity index (χ1) is 13.8. The van der Waals surface area contributed by atoms with E-state index in [4.69, 9.17) is 0 Å². The summed E-state index contributed by atoms with van der Waals surface area (Å²) in [4.78, 5) is 3.57. The van der Waals surface area contributed by atoms with E-state index >= 15 is 0 Å². The lowest BCUT2D eigenvalue weighted by Gasteiger charge is -2.22. The lowest BCUT2D eigenvalue weighted by atomic mass is 9.92. The van der Waals surface area contributed by atoms with Gasteiger partial charge in [0.05, 0.1) is 0 Å². The maximum Gasteiger partial charge on any atom is 0.0372 e. The van der Waals surface area contributed by atoms with E-state index in [2.05, 4.69) is 102 Å². The second-order valence-corrected chi connectivity index (χ2v) is 7.89. The van der Waals surface area contributed by atoms with Crippen molar-refractivity contribution in [1.82, 2.24) is 4.31 Å². The van der Waals surface area contributed by atoms with Crippen LogP contribution in [0.25, 0.3) is 6.08 Å². The molecular formula is C25H24N2S. The Kier molecular flexibility index (Phi) is 5.54. The molecule has 0 amide bonds. The predicted molar refractivity (Wildman–Crippen MR) is 124 cm³/mol. The Bertz CT molecular complexity index is 931. The zero-order valence-electron chi connectivity index (χ0n) is 15.9. The summed E-state index contributed by atoms with van der Waals surface area (Å²) in [5.74, 6) is 0.427. The van der Waals surface area contributed by atoms with Gasteiger partial charge in [-0.1, -0.05) is 48.6 Å². The van der Waals surface area contributed by atoms with Crippen molar-refractivity contribution in [2.75, 3.05) is 18.0 Å². The molecule has 0 radical (unpaired) electrons. The van der Waals surface area contributed by atoms with Gasteiger partial charge in [0.25, 0.3) is 0 Å². The molecule has 2 aliphatic carbocycles. The fourth-order valence-corrected chi connectivity index (χ4v) is 4.52. The minimum atomic E-state index is 0.427. The molecule has 140 valence electrons. The van der Waals surface area contributed by atoms with Crippen LogP contribution in [0.4, 0.5) is 5.69 Å². The van der Waals surface area contributed by atoms with Crippen molar-refractivity contribution in [2.45, 2.75) is 0 Å². The molecule has 0 bridgehead atoms. The van der Waals surface area contributed by atoms with Crippen molar-refractivity contribution in [3.63, 3.8) is 0 Å². The first-order valence-corrected chi connectivity index (χ1v) is 10.3. The van der Waals surface area contributed by atoms with E-state index in [1.807, 2.05) is 12.2 Å². The molecule has 4 rings (SSSR count). The second-order valence-electron chi connectivity index (χ2n) is 6.84. The monoisotopic (exact) mass is 384 g/mol. The van der Waals surface area contributed by atoms with Crippen LogP contribution < -0.4 is 4.90 Å². The highest BCUT2D eigenvalue weighted by Gasteiger charge is 2.27. The highest BCUT2D eigenvalue weighted by molar-refractivity contribution is 8.01. The Labute approximate surface area is 172 Å². The highest BCUT2D eigenvalue weighted by Crippen LogP contribution is 2.44. The number of hydrogen-bond acceptors (Lipinski definition) is 3. The van der Waals surface area contributed by atoms with Crippen LogP contribution in [0.1, 0.15) is 5.56 Å². The third-order valence-electron chi connectivity index (χ3n) is 4.96. The maximum absolute atomic E-state index is 3.84. The van der Waals surface area contributed by atoms with Crippen molar-refractivity contribution in [3.05, 3.63) is 120 Å². The molecule has 2 nitrogen and oxygen atoms in total. The molecule has 0 aromatic heterocycles. The summed E-state index contributed by atoms with van der Waals surface area (Å²) >= 11 is 1.77. The minimum absolute atomic E-state index is 0.427. The van der Waals surface area contributed by atoms with E-state index in [9.17, 15) is 0 Å². The van der Waals surface area contributed by atoms with E-state index in [1.165, 1.54) is 27.3 Å². The van der Waals surface area contributed by atoms with Gasteiger partial charge in [-0.25, -0.2) is 0 Å². The lowest BCUT2D eigenvalue weighted by Crippen LogP contribution is -2.22. The van der Waals surface area contributed by atoms with Crippen LogP contribution in [-0.2, 0) is 0 Å². The Morgan fingerprint density at radius 3 is 2.57 bits per heavy atom. The van der Waals surface area contributed by atoms with Gasteiger partial charge >= 0.3 is 0 Å². The highest BCUT2D eigenvalue weighted by atomic mass is 32.2. The summed E-state index contributed by atoms with van der Waals surface area (Å²) in [6.07, 6.45) is 23.5. The third-order valence-corrected chi connectivity index (χ3v) is 5.96. The van der Waals surface area contributed by atoms with Crippen LogP contribution in [0, 0.1) is 5.92 Å². The summed E-state index contributed by atoms with van der Waals surface area (Å²) in [6, 6.07) is 8.60. The summed E-state index contributed by atoms with van der Waals surface area (Å²) in [5, 5.41) is 0. The summed E-state index contributed by atoms with van der Waals surface area (Å²) in [6.45, 7) is 9.30. The number of nitrogens with zero attached hydrogens (tertiary/aromatic N) is 2. The van der Waals surface area contributed by atoms with Crippen LogP contribution in [-0.4, -0.2) is 17.4 Å². The van der Waals surface area contributed by atoms with Crippen LogP contribution >= 0.6 is 11.9 Å². The number of fused-ring (bicyclic) bond motifs is 2. The maximum atomic E-state index is 3.84. The van der Waals surface area contributed by atoms with Gasteiger partial charge in [0.1, 0.15) is 0 Å². The molecule has 0 saturated carbocycles. The SMILES string of the molecule is C=CCN(CC=C)c1ccc(C=CN2C=CC3=C(C=C4C=CC=CC43)S2)cc1. The second kappa shape index (κ2) is 8.41. The summed E-state index contributed by atoms with van der Waals surface area (Å²) < 4.78 is 2.16. The third kappa shape index (κ3) is 3.85. The largest absolute Gasteiger partial charge is 0.364 e. The number of hydrogen-bond donors (Lipinski definition) is 0. The van der Waals surface area contributed by atoms with Crippen molar-refractivity contribution in [2.24, 2.45) is 5.92 Å². The van der Waals surface area contributed by atoms with E-state index in [0.717, 1.165) is 13.1 Å². The zero-order chi connectivity index (χ0) is 19.3. The van der Waals surface area contributed by atoms with E-state index < -0.39 is 0 Å². The molecular weight excluding hydrogens is 360 g/mol. The molecule has 0 spiro atoms. The average molecular weight is 385 g/mol. The normalized spacial score (nSPS) is 19.6. The lowest BCUT2D eigenvalue weighted by molar-refractivity contribution is 0.847. The quantitative estimate of drug-likeness (QED) is 0.405. The summed E-state index contributed by atoms with van der Waals surface area (Å²) in [7, 11) is 0. The average Bonchev–Trinajstić information content (AvgIpc) is 3.10. The van der Waals surface area contributed by atoms with Crippen molar-refractivity contribution < 1.29 is 0 Å². The van der Waals surface area contributed by atoms with Crippen LogP contribution in [0.2, 0.25) is 0 Å². The topological polar surface area (TPSA) is 6.48 Å². The smallest absolute Gasteiger partial charge is 0.0372 e. The molecule has 1 unspecified atom stereocenters. The fraction of sp³-hybridized carbons (Fsp3) is 0.120. The standard InChI is InChI=1S/C25H24N2S/c1-3-15-26(16-4-2)22-11-9-20(10-12-22)13-17-27-18-14-24-23-8-6-5-7-21(23)19-25(24)28-27/h3-14,17-19,23H,1-2,15-16H2. The fourth-order valence-electron chi connectivity index (χ4n) is 3.56. The van der Waals surface area contributed by atoms with Gasteiger partial charge in [-0.2, -0.15) is 0 Å². The van der Waals surface area contributed by atoms with E-state index in [0.29, 0.717) is 5.92 Å². The number of benzene rings is 1. The zero-order valence-corrected chi connectivity index (χ0v) is 16.7. The molecule has 1 aromatic carbocycles. The predicted octanol–water partition coefficient (Wildman–Crippen LogP) is 6.25. The number of allylic oxidation sites excluding steroid dienone is 8. The first kappa shape index (κ1) is 18.5. The Morgan fingerprint density at radius 2 is 1.82 bits per heavy atom. The van der Waals surface area contributed by atoms with Gasteiger partial charge in [0.2, 0.25) is 0 Å². The summed E-state index contributed by atoms with van der Waals surface area (Å²) in [5.41, 5.74) is 5.15. The molecule has 0 N–H and O–H groups in total. The van der Waals surface area contributed by atoms with Crippen LogP contribution in [0.5, 0.6) is 0 Å². The van der Waals surface area contributed by atoms with Crippen LogP contribution in [0.3, 0.4) is 0 Å². The Morgan fingerprint density at radius 1 is 1.04 bits per heavy atom. The van der Waals surface area contributed by atoms with Gasteiger partial charge in [0, 0.05) is 42.0 Å². The molecule has 1 aromatic rings. The first-order valence-electron chi connectivity index (χ1n) is 9.48. The molecule has 3 aliphatic rings. The van der Waals surface area contributed by atoms with Crippen molar-refractivity contribution in [1.29, 1.82) is 0 Å². The number of rotatable bonds is 7. The minimum Gasteiger partial charge on any atom is -0.364 e. The molecule has 1 aliphatic heterocycles. The molecule has 28 heavy (non-hydrogen) atoms. The van der Waals surface area contributed by atoms with Crippen molar-refractivity contribution >= 4 is 23.7 Å². The molecule has 0 saturated heterocycles. The Hall–Kier alpha value is -2.91. The number of anilines is 1. The van der Waals surface area contributed by atoms with Gasteiger partial charge in [0.15, 0.2) is 0 Å². The van der Waals surface area contributed by atoms with Crippen molar-refractivity contribution in [3.8, 4) is 0 Å². The van der Waals surface area contributed by atoms with Gasteiger partial charge in [-0.05, 0) is 59.0 Å². The molecule has 0 fully saturated rings. The van der Waals surface area contributed by atoms with Gasteiger partial charge in [-0.3, -0.25) is 4.31 Å².